The van der Waals surface area contributed by atoms with Crippen LogP contribution in [0.15, 0.2) is 0 Å². The van der Waals surface area contributed by atoms with Gasteiger partial charge in [-0.15, -0.1) is 12.4 Å². The van der Waals surface area contributed by atoms with Crippen molar-refractivity contribution in [1.29, 1.82) is 0 Å². The summed E-state index contributed by atoms with van der Waals surface area (Å²) >= 11 is 0. The van der Waals surface area contributed by atoms with Gasteiger partial charge in [-0.3, -0.25) is 9.59 Å². The molecule has 4 N–H and O–H groups in total. The van der Waals surface area contributed by atoms with Crippen LogP contribution in [0.4, 0.5) is 0 Å². The number of rotatable bonds is 7. The highest BCUT2D eigenvalue weighted by atomic mass is 35.5. The molecule has 22 heavy (non-hydrogen) atoms. The lowest BCUT2D eigenvalue weighted by Gasteiger charge is -2.28. The summed E-state index contributed by atoms with van der Waals surface area (Å²) in [5.41, 5.74) is 5.72. The van der Waals surface area contributed by atoms with Crippen molar-refractivity contribution in [3.63, 3.8) is 0 Å². The van der Waals surface area contributed by atoms with Gasteiger partial charge in [0.25, 0.3) is 0 Å². The third-order valence-corrected chi connectivity index (χ3v) is 4.57. The van der Waals surface area contributed by atoms with E-state index in [4.69, 9.17) is 5.73 Å². The lowest BCUT2D eigenvalue weighted by Crippen LogP contribution is -2.47. The van der Waals surface area contributed by atoms with E-state index in [-0.39, 0.29) is 36.7 Å². The second-order valence-corrected chi connectivity index (χ2v) is 6.65. The molecular formula is C16H32ClN3O2. The van der Waals surface area contributed by atoms with Gasteiger partial charge in [0.15, 0.2) is 0 Å². The Balaban J connectivity index is 0.00000441. The van der Waals surface area contributed by atoms with E-state index in [2.05, 4.69) is 17.6 Å². The molecule has 0 bridgehead atoms. The second-order valence-electron chi connectivity index (χ2n) is 6.65. The largest absolute Gasteiger partial charge is 0.355 e. The molecule has 0 aromatic carbocycles. The number of hydrogen-bond acceptors (Lipinski definition) is 3. The first-order valence-electron chi connectivity index (χ1n) is 8.21. The molecule has 1 rings (SSSR count). The first-order valence-corrected chi connectivity index (χ1v) is 8.21. The average molecular weight is 334 g/mol. The fraction of sp³-hybridized carbons (Fsp3) is 0.875. The summed E-state index contributed by atoms with van der Waals surface area (Å²) in [7, 11) is 0. The number of hydrogen-bond donors (Lipinski definition) is 3. The van der Waals surface area contributed by atoms with Gasteiger partial charge in [0.2, 0.25) is 11.8 Å². The first-order chi connectivity index (χ1) is 9.91. The van der Waals surface area contributed by atoms with Crippen LogP contribution in [0.2, 0.25) is 0 Å². The first kappa shape index (κ1) is 21.2. The minimum absolute atomic E-state index is 0. The smallest absolute Gasteiger partial charge is 0.239 e. The standard InChI is InChI=1S/C16H31N3O2.ClH/c1-11(2)15(17)16(21)19-10-14(20)18-9-8-13-7-5-4-6-12(13)3;/h11-13,15H,4-10,17H2,1-3H3,(H,18,20)(H,19,21);1H/t12?,13?,15-;/m0./s1. The number of halogens is 1. The Morgan fingerprint density at radius 2 is 1.82 bits per heavy atom. The van der Waals surface area contributed by atoms with Crippen LogP contribution in [0.3, 0.4) is 0 Å². The highest BCUT2D eigenvalue weighted by Crippen LogP contribution is 2.31. The molecule has 1 fully saturated rings. The fourth-order valence-corrected chi connectivity index (χ4v) is 2.87. The summed E-state index contributed by atoms with van der Waals surface area (Å²) in [5, 5.41) is 5.46. The van der Waals surface area contributed by atoms with Crippen LogP contribution >= 0.6 is 12.4 Å². The topological polar surface area (TPSA) is 84.2 Å². The van der Waals surface area contributed by atoms with Crippen molar-refractivity contribution >= 4 is 24.2 Å². The minimum atomic E-state index is -0.555. The Kier molecular flexibility index (Phi) is 10.4. The molecule has 0 spiro atoms. The van der Waals surface area contributed by atoms with Gasteiger partial charge in [-0.25, -0.2) is 0 Å². The van der Waals surface area contributed by atoms with Crippen LogP contribution in [-0.2, 0) is 9.59 Å². The van der Waals surface area contributed by atoms with Gasteiger partial charge in [-0.1, -0.05) is 46.5 Å². The highest BCUT2D eigenvalue weighted by Gasteiger charge is 2.21. The SMILES string of the molecule is CC1CCCCC1CCNC(=O)CNC(=O)[C@@H](N)C(C)C.Cl. The second kappa shape index (κ2) is 10.8. The van der Waals surface area contributed by atoms with Crippen molar-refractivity contribution in [2.45, 2.75) is 58.9 Å². The Hall–Kier alpha value is -0.810. The number of carbonyl (C=O) groups is 2. The number of carbonyl (C=O) groups excluding carboxylic acids is 2. The van der Waals surface area contributed by atoms with E-state index in [9.17, 15) is 9.59 Å². The predicted octanol–water partition coefficient (Wildman–Crippen LogP) is 1.84. The monoisotopic (exact) mass is 333 g/mol. The third-order valence-electron chi connectivity index (χ3n) is 4.57. The van der Waals surface area contributed by atoms with Crippen LogP contribution in [0, 0.1) is 17.8 Å². The number of nitrogens with one attached hydrogen (secondary N) is 2. The maximum Gasteiger partial charge on any atom is 0.239 e. The fourth-order valence-electron chi connectivity index (χ4n) is 2.87. The van der Waals surface area contributed by atoms with Crippen molar-refractivity contribution in [1.82, 2.24) is 10.6 Å². The molecule has 1 saturated carbocycles. The molecule has 0 aliphatic heterocycles. The molecule has 1 aliphatic carbocycles. The zero-order valence-corrected chi connectivity index (χ0v) is 14.9. The van der Waals surface area contributed by atoms with Gasteiger partial charge in [0.05, 0.1) is 12.6 Å². The Labute approximate surface area is 140 Å². The molecule has 1 aliphatic rings. The summed E-state index contributed by atoms with van der Waals surface area (Å²) < 4.78 is 0. The summed E-state index contributed by atoms with van der Waals surface area (Å²) in [5.74, 6) is 1.16. The normalized spacial score (nSPS) is 22.6. The number of nitrogens with two attached hydrogens (primary N) is 1. The number of amides is 2. The summed E-state index contributed by atoms with van der Waals surface area (Å²) in [4.78, 5) is 23.3. The summed E-state index contributed by atoms with van der Waals surface area (Å²) in [6, 6.07) is -0.555. The molecule has 0 radical (unpaired) electrons. The zero-order valence-electron chi connectivity index (χ0n) is 14.1. The lowest BCUT2D eigenvalue weighted by molar-refractivity contribution is -0.127. The molecule has 2 amide bonds. The van der Waals surface area contributed by atoms with E-state index in [0.717, 1.165) is 18.3 Å². The lowest BCUT2D eigenvalue weighted by atomic mass is 9.79. The zero-order chi connectivity index (χ0) is 15.8. The van der Waals surface area contributed by atoms with Crippen LogP contribution in [0.5, 0.6) is 0 Å². The Morgan fingerprint density at radius 1 is 1.18 bits per heavy atom. The van der Waals surface area contributed by atoms with Gasteiger partial charge in [-0.2, -0.15) is 0 Å². The van der Waals surface area contributed by atoms with E-state index in [0.29, 0.717) is 6.54 Å². The van der Waals surface area contributed by atoms with Gasteiger partial charge >= 0.3 is 0 Å². The predicted molar refractivity (Wildman–Crippen MR) is 91.8 cm³/mol. The maximum absolute atomic E-state index is 11.7. The molecule has 0 aromatic heterocycles. The van der Waals surface area contributed by atoms with Gasteiger partial charge in [0, 0.05) is 6.54 Å². The summed E-state index contributed by atoms with van der Waals surface area (Å²) in [6.45, 7) is 6.78. The highest BCUT2D eigenvalue weighted by molar-refractivity contribution is 5.87. The maximum atomic E-state index is 11.7. The van der Waals surface area contributed by atoms with Crippen molar-refractivity contribution in [3.05, 3.63) is 0 Å². The molecule has 2 unspecified atom stereocenters. The quantitative estimate of drug-likeness (QED) is 0.664. The van der Waals surface area contributed by atoms with E-state index in [1.165, 1.54) is 25.7 Å². The van der Waals surface area contributed by atoms with E-state index in [1.807, 2.05) is 13.8 Å². The molecule has 130 valence electrons. The van der Waals surface area contributed by atoms with E-state index in [1.54, 1.807) is 0 Å². The van der Waals surface area contributed by atoms with Crippen molar-refractivity contribution < 1.29 is 9.59 Å². The van der Waals surface area contributed by atoms with Gasteiger partial charge in [-0.05, 0) is 24.2 Å². The molecule has 0 aromatic rings. The van der Waals surface area contributed by atoms with Crippen LogP contribution in [0.25, 0.3) is 0 Å². The molecule has 3 atom stereocenters. The van der Waals surface area contributed by atoms with Crippen molar-refractivity contribution in [2.75, 3.05) is 13.1 Å². The summed E-state index contributed by atoms with van der Waals surface area (Å²) in [6.07, 6.45) is 6.27. The average Bonchev–Trinajstić information content (AvgIpc) is 2.45. The molecular weight excluding hydrogens is 302 g/mol. The van der Waals surface area contributed by atoms with Gasteiger partial charge in [0.1, 0.15) is 0 Å². The van der Waals surface area contributed by atoms with Crippen LogP contribution in [-0.4, -0.2) is 30.9 Å². The Morgan fingerprint density at radius 3 is 2.41 bits per heavy atom. The van der Waals surface area contributed by atoms with Crippen LogP contribution < -0.4 is 16.4 Å². The van der Waals surface area contributed by atoms with E-state index < -0.39 is 6.04 Å². The minimum Gasteiger partial charge on any atom is -0.355 e. The molecule has 5 nitrogen and oxygen atoms in total. The third kappa shape index (κ3) is 7.45. The molecule has 0 saturated heterocycles. The van der Waals surface area contributed by atoms with Crippen molar-refractivity contribution in [2.24, 2.45) is 23.5 Å². The molecule has 0 heterocycles. The Bertz CT molecular complexity index is 350. The van der Waals surface area contributed by atoms with Crippen molar-refractivity contribution in [3.8, 4) is 0 Å². The van der Waals surface area contributed by atoms with Crippen LogP contribution in [0.1, 0.15) is 52.9 Å². The van der Waals surface area contributed by atoms with E-state index >= 15 is 0 Å². The van der Waals surface area contributed by atoms with Gasteiger partial charge < -0.3 is 16.4 Å². The molecule has 6 heteroatoms.